The molecular weight excluding hydrogens is 1930 g/mol. The van der Waals surface area contributed by atoms with E-state index in [0.717, 1.165) is 153 Å². The van der Waals surface area contributed by atoms with Gasteiger partial charge in [0.25, 0.3) is 0 Å². The van der Waals surface area contributed by atoms with Crippen molar-refractivity contribution in [3.05, 3.63) is 223 Å². The number of piperazine rings is 6. The van der Waals surface area contributed by atoms with Gasteiger partial charge in [0.15, 0.2) is 16.9 Å². The highest BCUT2D eigenvalue weighted by Crippen LogP contribution is 2.52. The molecule has 10 fully saturated rings. The predicted octanol–water partition coefficient (Wildman–Crippen LogP) is 13.8. The first-order valence-electron chi connectivity index (χ1n) is 51.8. The lowest BCUT2D eigenvalue weighted by atomic mass is 10.0. The molecule has 149 heavy (non-hydrogen) atoms. The second-order valence-corrected chi connectivity index (χ2v) is 42.0. The third-order valence-corrected chi connectivity index (χ3v) is 30.4. The maximum atomic E-state index is 16.2. The van der Waals surface area contributed by atoms with Crippen LogP contribution in [-0.2, 0) is 14.4 Å². The number of nitrogens with one attached hydrogen (secondary N) is 2. The molecular formula is C109H124ClF5N28O6. The van der Waals surface area contributed by atoms with Gasteiger partial charge in [-0.3, -0.25) is 14.4 Å². The van der Waals surface area contributed by atoms with E-state index >= 15 is 22.0 Å². The molecule has 778 valence electrons. The summed E-state index contributed by atoms with van der Waals surface area (Å²) in [6, 6.07) is 19.1. The Morgan fingerprint density at radius 3 is 1.05 bits per heavy atom. The number of amides is 3. The minimum atomic E-state index is -0.734. The lowest BCUT2D eigenvalue weighted by Gasteiger charge is -2.44. The maximum absolute atomic E-state index is 16.2. The molecule has 0 unspecified atom stereocenters. The van der Waals surface area contributed by atoms with Crippen LogP contribution >= 0.6 is 11.6 Å². The van der Waals surface area contributed by atoms with Crippen molar-refractivity contribution in [2.24, 2.45) is 0 Å². The van der Waals surface area contributed by atoms with Crippen LogP contribution in [-0.4, -0.2) is 272 Å². The van der Waals surface area contributed by atoms with Crippen molar-refractivity contribution in [3.63, 3.8) is 0 Å². The summed E-state index contributed by atoms with van der Waals surface area (Å²) in [7, 11) is 2.11. The Hall–Kier alpha value is -14.2. The van der Waals surface area contributed by atoms with Crippen LogP contribution in [0.5, 0.6) is 0 Å². The number of rotatable bonds is 21. The molecule has 22 rings (SSSR count). The minimum absolute atomic E-state index is 0.00528. The Labute approximate surface area is 864 Å². The number of carbonyl (C=O) groups is 3. The summed E-state index contributed by atoms with van der Waals surface area (Å²) in [6.45, 7) is 42.6. The first-order chi connectivity index (χ1) is 71.7. The minimum Gasteiger partial charge on any atom is -0.398 e. The van der Waals surface area contributed by atoms with Gasteiger partial charge in [-0.05, 0) is 185 Å². The largest absolute Gasteiger partial charge is 0.398 e. The molecule has 4 N–H and O–H groups in total. The fraction of sp³-hybridized carbons (Fsp3) is 0.450. The fourth-order valence-electron chi connectivity index (χ4n) is 21.4. The number of hydrogen-bond acceptors (Lipinski definition) is 28. The topological polar surface area (TPSA) is 354 Å². The molecule has 4 saturated carbocycles. The van der Waals surface area contributed by atoms with Crippen LogP contribution in [0.4, 0.5) is 62.9 Å². The molecule has 12 aromatic rings. The lowest BCUT2D eigenvalue weighted by molar-refractivity contribution is -0.129. The van der Waals surface area contributed by atoms with E-state index in [-0.39, 0.29) is 163 Å². The van der Waals surface area contributed by atoms with Crippen LogP contribution in [0.3, 0.4) is 0 Å². The molecule has 40 heteroatoms. The Bertz CT molecular complexity index is 7400. The molecule has 10 aliphatic rings. The van der Waals surface area contributed by atoms with Crippen LogP contribution in [0.2, 0.25) is 5.02 Å². The number of carbonyl (C=O) groups excluding carboxylic acids is 3. The van der Waals surface area contributed by atoms with Crippen molar-refractivity contribution in [1.29, 1.82) is 0 Å². The van der Waals surface area contributed by atoms with Crippen molar-refractivity contribution >= 4 is 103 Å². The third-order valence-electron chi connectivity index (χ3n) is 30.1. The number of nitrogens with two attached hydrogens (primary N) is 1. The second-order valence-electron chi connectivity index (χ2n) is 41.6. The summed E-state index contributed by atoms with van der Waals surface area (Å²) in [5, 5.41) is 8.00. The smallest absolute Gasteiger partial charge is 0.355 e. The van der Waals surface area contributed by atoms with E-state index in [2.05, 4.69) is 67.0 Å². The van der Waals surface area contributed by atoms with Crippen molar-refractivity contribution in [2.45, 2.75) is 192 Å². The first kappa shape index (κ1) is 102. The van der Waals surface area contributed by atoms with Gasteiger partial charge in [-0.1, -0.05) is 89.4 Å². The predicted molar refractivity (Wildman–Crippen MR) is 568 cm³/mol. The van der Waals surface area contributed by atoms with Crippen LogP contribution in [0, 0.1) is 29.1 Å². The zero-order valence-electron chi connectivity index (χ0n) is 85.7. The van der Waals surface area contributed by atoms with E-state index < -0.39 is 46.2 Å². The van der Waals surface area contributed by atoms with Gasteiger partial charge in [-0.2, -0.15) is 15.0 Å². The number of halogens is 6. The number of pyridine rings is 3. The molecule has 15 heterocycles. The van der Waals surface area contributed by atoms with Gasteiger partial charge >= 0.3 is 17.1 Å². The number of aromatic nitrogens is 15. The molecule has 3 aromatic carbocycles. The zero-order valence-corrected chi connectivity index (χ0v) is 86.5. The normalized spacial score (nSPS) is 20.4. The molecule has 0 radical (unpaired) electrons. The van der Waals surface area contributed by atoms with Crippen LogP contribution in [0.25, 0.3) is 83.9 Å². The van der Waals surface area contributed by atoms with Gasteiger partial charge in [-0.15, -0.1) is 0 Å². The Kier molecular flexibility index (Phi) is 28.6. The van der Waals surface area contributed by atoms with Crippen LogP contribution < -0.4 is 62.8 Å². The highest BCUT2D eigenvalue weighted by Gasteiger charge is 2.45. The molecule has 9 aromatic heterocycles. The van der Waals surface area contributed by atoms with Crippen molar-refractivity contribution in [1.82, 2.24) is 104 Å². The third kappa shape index (κ3) is 19.9. The Morgan fingerprint density at radius 1 is 0.389 bits per heavy atom. The number of likely N-dealkylation sites (N-methyl/N-ethyl adjacent to an activating group) is 1. The zero-order chi connectivity index (χ0) is 105. The van der Waals surface area contributed by atoms with E-state index in [1.807, 2.05) is 83.9 Å². The Morgan fingerprint density at radius 2 is 0.711 bits per heavy atom. The second kappa shape index (κ2) is 41.7. The average molecular weight is 2050 g/mol. The summed E-state index contributed by atoms with van der Waals surface area (Å²) >= 11 is 6.93. The van der Waals surface area contributed by atoms with E-state index in [4.69, 9.17) is 67.2 Å². The number of nitrogen functional groups attached to an aromatic ring is 1. The van der Waals surface area contributed by atoms with Crippen molar-refractivity contribution in [2.75, 3.05) is 160 Å². The highest BCUT2D eigenvalue weighted by atomic mass is 35.5. The molecule has 6 atom stereocenters. The number of anilines is 7. The van der Waals surface area contributed by atoms with Crippen molar-refractivity contribution < 1.29 is 36.3 Å². The standard InChI is InChI=1S/C37H41F2N9O2.C36H44ClFN10O2.C36H39F2N9O2/c1-5-29(49)46-19-22(3)47(20-21(46)2)34-26-18-28(39)32(25-8-6-7-9-27(25)38)40-35(26)48(37(50)43-34)33-30(23-10-11-23)41-36(42-31(33)24-12-13-24)45-16-14-44(4)15-17-45;1-8-27(49)46-17-22(7)47(18-21(46)6)33-23-16-24(37)31(28-25(38)10-9-11-26(28)39)41-34(23)48(36(50)44-33)32-29(19(2)3)42-35(43-30(32)20(4)5)45-14-12-40-13-15-45;1-4-28(48)45-18-21(3)46(19-20(45)2)33-25-17-27(38)31(24-7-5-6-8-26(24)37)40-34(25)47(36(49)43-33)32-29(22-9-10-22)41-35(42-30(32)23-11-12-23)44-15-13-39-14-16-44/h5-9,18,21-24H,1,10-17,19-20H2,2-4H3;8-11,16,19-22,40H,1,12-15,17-18,39H2,2-7H3;4-8,17,20-23,39H,1,9-16,18-19H2,2-3H3/t2*21-,22+;20-,21+/m111/s1. The van der Waals surface area contributed by atoms with E-state index in [9.17, 15) is 28.8 Å². The average Bonchev–Trinajstić information content (AvgIpc) is 1.56. The van der Waals surface area contributed by atoms with Crippen molar-refractivity contribution in [3.8, 4) is 50.8 Å². The van der Waals surface area contributed by atoms with Crippen LogP contribution in [0.15, 0.2) is 137 Å². The Balaban J connectivity index is 0.000000135. The first-order valence-corrected chi connectivity index (χ1v) is 52.2. The van der Waals surface area contributed by atoms with Gasteiger partial charge in [0.2, 0.25) is 35.6 Å². The molecule has 34 nitrogen and oxygen atoms in total. The monoisotopic (exact) mass is 2050 g/mol. The van der Waals surface area contributed by atoms with Gasteiger partial charge < -0.3 is 65.4 Å². The molecule has 6 aliphatic heterocycles. The summed E-state index contributed by atoms with van der Waals surface area (Å²) in [4.78, 5) is 161. The fourth-order valence-corrected chi connectivity index (χ4v) is 21.7. The van der Waals surface area contributed by atoms with Crippen LogP contribution in [0.1, 0.15) is 190 Å². The summed E-state index contributed by atoms with van der Waals surface area (Å²) in [5.41, 5.74) is 11.0. The van der Waals surface area contributed by atoms with Gasteiger partial charge in [0, 0.05) is 195 Å². The summed E-state index contributed by atoms with van der Waals surface area (Å²) in [6.07, 6.45) is 11.3. The number of benzene rings is 3. The summed E-state index contributed by atoms with van der Waals surface area (Å²) < 4.78 is 82.6. The van der Waals surface area contributed by atoms with E-state index in [1.165, 1.54) is 92.6 Å². The van der Waals surface area contributed by atoms with E-state index in [0.29, 0.717) is 108 Å². The van der Waals surface area contributed by atoms with Gasteiger partial charge in [-0.25, -0.2) is 94.9 Å². The highest BCUT2D eigenvalue weighted by molar-refractivity contribution is 6.34. The SMILES string of the molecule is C=CC(=O)N1C[C@H](C)N(c2nc(=O)n(-c3c(C(C)C)nc(N4CCNCC4)nc3C(C)C)c3nc(-c4c(N)cccc4F)c(Cl)cc23)C[C@H]1C.C=CC(=O)N1C[C@H](C)N(c2nc(=O)n(-c3c(C4CC4)nc(N4CCN(C)CC4)nc3C3CC3)c3nc(-c4ccccc4F)c(F)cc23)C[C@H]1C.C=CC(=O)N1C[C@H](C)N(c2nc(=O)n(-c3c(C4CC4)nc(N4CCNCC4)nc3C3CC3)c3nc(-c4ccccc4F)c(F)cc23)C[C@H]1C. The molecule has 6 saturated heterocycles. The molecule has 3 amide bonds. The number of nitrogens with zero attached hydrogens (tertiary/aromatic N) is 25. The number of hydrogen-bond donors (Lipinski definition) is 3. The maximum Gasteiger partial charge on any atom is 0.355 e. The number of fused-ring (bicyclic) bond motifs is 3. The quantitative estimate of drug-likeness (QED) is 0.0342. The lowest BCUT2D eigenvalue weighted by Crippen LogP contribution is -2.58. The van der Waals surface area contributed by atoms with E-state index in [1.54, 1.807) is 39.0 Å². The van der Waals surface area contributed by atoms with Gasteiger partial charge in [0.1, 0.15) is 57.9 Å². The summed E-state index contributed by atoms with van der Waals surface area (Å²) in [5.74, 6) is -0.645. The van der Waals surface area contributed by atoms with Gasteiger partial charge in [0.05, 0.1) is 83.7 Å². The molecule has 0 bridgehead atoms. The molecule has 4 aliphatic carbocycles. The molecule has 0 spiro atoms.